The third-order valence-corrected chi connectivity index (χ3v) is 5.14. The number of carbonyl (C=O) groups is 2. The fraction of sp³-hybridized carbons (Fsp3) is 0.500. The molecule has 0 radical (unpaired) electrons. The normalized spacial score (nSPS) is 13.9. The van der Waals surface area contributed by atoms with Gasteiger partial charge in [-0.3, -0.25) is 9.59 Å². The molecule has 156 valence electrons. The Morgan fingerprint density at radius 3 is 2.69 bits per heavy atom. The number of rotatable bonds is 10. The number of nitrogens with zero attached hydrogens (tertiary/aromatic N) is 3. The van der Waals surface area contributed by atoms with Crippen LogP contribution in [0.3, 0.4) is 0 Å². The van der Waals surface area contributed by atoms with Crippen LogP contribution in [0.25, 0.3) is 0 Å². The predicted octanol–water partition coefficient (Wildman–Crippen LogP) is 2.79. The van der Waals surface area contributed by atoms with Crippen LogP contribution < -0.4 is 15.5 Å². The minimum atomic E-state index is -0.412. The van der Waals surface area contributed by atoms with Crippen LogP contribution in [0, 0.1) is 18.3 Å². The van der Waals surface area contributed by atoms with Crippen LogP contribution in [-0.2, 0) is 9.59 Å². The summed E-state index contributed by atoms with van der Waals surface area (Å²) in [7, 11) is 0. The molecule has 1 aromatic rings. The molecule has 1 heterocycles. The van der Waals surface area contributed by atoms with E-state index in [1.54, 1.807) is 0 Å². The Hall–Kier alpha value is -3.01. The minimum Gasteiger partial charge on any atom is -0.372 e. The molecule has 7 heteroatoms. The maximum atomic E-state index is 12.2. The number of nitrogens with one attached hydrogen (secondary N) is 2. The first-order valence-corrected chi connectivity index (χ1v) is 10.3. The van der Waals surface area contributed by atoms with Crippen molar-refractivity contribution < 1.29 is 9.59 Å². The molecule has 2 rings (SSSR count). The third kappa shape index (κ3) is 6.24. The van der Waals surface area contributed by atoms with E-state index in [0.717, 1.165) is 43.0 Å². The number of benzene rings is 1. The van der Waals surface area contributed by atoms with E-state index in [1.165, 1.54) is 6.20 Å². The first kappa shape index (κ1) is 22.3. The largest absolute Gasteiger partial charge is 0.372 e. The van der Waals surface area contributed by atoms with Gasteiger partial charge in [0.1, 0.15) is 11.6 Å². The predicted molar refractivity (Wildman–Crippen MR) is 115 cm³/mol. The Morgan fingerprint density at radius 1 is 1.34 bits per heavy atom. The van der Waals surface area contributed by atoms with Gasteiger partial charge in [-0.15, -0.1) is 0 Å². The topological polar surface area (TPSA) is 88.5 Å². The number of likely N-dealkylation sites (tertiary alicyclic amines) is 1. The molecule has 1 aliphatic heterocycles. The van der Waals surface area contributed by atoms with Crippen molar-refractivity contribution in [1.82, 2.24) is 10.2 Å². The quantitative estimate of drug-likeness (QED) is 0.360. The van der Waals surface area contributed by atoms with E-state index >= 15 is 0 Å². The Bertz CT molecular complexity index is 793. The summed E-state index contributed by atoms with van der Waals surface area (Å²) in [6, 6.07) is 8.02. The van der Waals surface area contributed by atoms with E-state index in [9.17, 15) is 14.9 Å². The van der Waals surface area contributed by atoms with Gasteiger partial charge >= 0.3 is 0 Å². The van der Waals surface area contributed by atoms with Crippen LogP contribution in [0.15, 0.2) is 30.0 Å². The molecule has 1 aromatic carbocycles. The van der Waals surface area contributed by atoms with E-state index < -0.39 is 5.91 Å². The summed E-state index contributed by atoms with van der Waals surface area (Å²) in [5.41, 5.74) is 3.07. The fourth-order valence-electron chi connectivity index (χ4n) is 3.40. The molecule has 2 amide bonds. The molecule has 0 bridgehead atoms. The van der Waals surface area contributed by atoms with E-state index in [2.05, 4.69) is 35.4 Å². The molecule has 2 N–H and O–H groups in total. The van der Waals surface area contributed by atoms with Gasteiger partial charge in [0.2, 0.25) is 5.91 Å². The zero-order chi connectivity index (χ0) is 21.2. The Morgan fingerprint density at radius 2 is 2.10 bits per heavy atom. The number of hydrogen-bond donors (Lipinski definition) is 2. The molecule has 1 aliphatic rings. The van der Waals surface area contributed by atoms with Crippen molar-refractivity contribution in [3.05, 3.63) is 35.5 Å². The third-order valence-electron chi connectivity index (χ3n) is 5.14. The van der Waals surface area contributed by atoms with Crippen molar-refractivity contribution >= 4 is 23.2 Å². The maximum Gasteiger partial charge on any atom is 0.263 e. The summed E-state index contributed by atoms with van der Waals surface area (Å²) < 4.78 is 0. The second kappa shape index (κ2) is 11.1. The highest BCUT2D eigenvalue weighted by Crippen LogP contribution is 2.22. The lowest BCUT2D eigenvalue weighted by Crippen LogP contribution is -2.31. The summed E-state index contributed by atoms with van der Waals surface area (Å²) in [4.78, 5) is 27.9. The number of hydrogen-bond acceptors (Lipinski definition) is 5. The minimum absolute atomic E-state index is 0.0227. The summed E-state index contributed by atoms with van der Waals surface area (Å²) in [5, 5.41) is 15.1. The van der Waals surface area contributed by atoms with Crippen LogP contribution in [0.4, 0.5) is 11.4 Å². The van der Waals surface area contributed by atoms with Gasteiger partial charge in [0.25, 0.3) is 5.91 Å². The number of nitriles is 1. The van der Waals surface area contributed by atoms with Crippen molar-refractivity contribution in [3.8, 4) is 6.07 Å². The molecule has 1 saturated heterocycles. The first-order chi connectivity index (χ1) is 14.0. The standard InChI is InChI=1S/C22H31N5O2/c1-4-26(5-2)19-9-10-20(17(3)14-19)25-16-18(15-23)22(29)24-11-7-13-27-12-6-8-21(27)28/h9-10,14,16,25H,4-8,11-13H2,1-3H3,(H,24,29)/b18-16-. The van der Waals surface area contributed by atoms with Crippen LogP contribution in [0.1, 0.15) is 38.7 Å². The van der Waals surface area contributed by atoms with Crippen molar-refractivity contribution in [3.63, 3.8) is 0 Å². The van der Waals surface area contributed by atoms with Crippen LogP contribution in [-0.4, -0.2) is 49.4 Å². The smallest absolute Gasteiger partial charge is 0.263 e. The number of amides is 2. The molecule has 29 heavy (non-hydrogen) atoms. The highest BCUT2D eigenvalue weighted by Gasteiger charge is 2.19. The molecule has 0 unspecified atom stereocenters. The lowest BCUT2D eigenvalue weighted by Gasteiger charge is -2.22. The molecular weight excluding hydrogens is 366 g/mol. The van der Waals surface area contributed by atoms with Crippen molar-refractivity contribution in [1.29, 1.82) is 5.26 Å². The van der Waals surface area contributed by atoms with Gasteiger partial charge in [0.05, 0.1) is 0 Å². The van der Waals surface area contributed by atoms with Crippen LogP contribution in [0.5, 0.6) is 0 Å². The number of aryl methyl sites for hydroxylation is 1. The van der Waals surface area contributed by atoms with Gasteiger partial charge in [-0.25, -0.2) is 0 Å². The molecule has 0 atom stereocenters. The summed E-state index contributed by atoms with van der Waals surface area (Å²) in [6.07, 6.45) is 3.65. The number of anilines is 2. The lowest BCUT2D eigenvalue weighted by atomic mass is 10.1. The second-order valence-electron chi connectivity index (χ2n) is 7.08. The zero-order valence-corrected chi connectivity index (χ0v) is 17.6. The first-order valence-electron chi connectivity index (χ1n) is 10.3. The number of carbonyl (C=O) groups excluding carboxylic acids is 2. The van der Waals surface area contributed by atoms with E-state index in [0.29, 0.717) is 25.9 Å². The summed E-state index contributed by atoms with van der Waals surface area (Å²) in [6.45, 7) is 9.98. The lowest BCUT2D eigenvalue weighted by molar-refractivity contribution is -0.127. The Balaban J connectivity index is 1.87. The van der Waals surface area contributed by atoms with E-state index in [-0.39, 0.29) is 11.5 Å². The van der Waals surface area contributed by atoms with Crippen LogP contribution in [0.2, 0.25) is 0 Å². The molecule has 1 fully saturated rings. The summed E-state index contributed by atoms with van der Waals surface area (Å²) in [5.74, 6) is -0.231. The van der Waals surface area contributed by atoms with Gasteiger partial charge in [-0.1, -0.05) is 0 Å². The van der Waals surface area contributed by atoms with Gasteiger partial charge in [0.15, 0.2) is 0 Å². The van der Waals surface area contributed by atoms with Crippen molar-refractivity contribution in [2.75, 3.05) is 42.9 Å². The monoisotopic (exact) mass is 397 g/mol. The zero-order valence-electron chi connectivity index (χ0n) is 17.6. The molecule has 0 aromatic heterocycles. The molecule has 0 spiro atoms. The Kier molecular flexibility index (Phi) is 8.53. The molecule has 0 aliphatic carbocycles. The molecule has 7 nitrogen and oxygen atoms in total. The fourth-order valence-corrected chi connectivity index (χ4v) is 3.40. The Labute approximate surface area is 173 Å². The maximum absolute atomic E-state index is 12.2. The molecule has 0 saturated carbocycles. The van der Waals surface area contributed by atoms with E-state index in [4.69, 9.17) is 0 Å². The average Bonchev–Trinajstić information content (AvgIpc) is 3.12. The van der Waals surface area contributed by atoms with Gasteiger partial charge < -0.3 is 20.4 Å². The van der Waals surface area contributed by atoms with Crippen LogP contribution >= 0.6 is 0 Å². The van der Waals surface area contributed by atoms with Crippen molar-refractivity contribution in [2.24, 2.45) is 0 Å². The average molecular weight is 398 g/mol. The molecular formula is C22H31N5O2. The van der Waals surface area contributed by atoms with Gasteiger partial charge in [-0.2, -0.15) is 5.26 Å². The SMILES string of the molecule is CCN(CC)c1ccc(N/C=C(/C#N)C(=O)NCCCN2CCCC2=O)c(C)c1. The summed E-state index contributed by atoms with van der Waals surface area (Å²) >= 11 is 0. The van der Waals surface area contributed by atoms with Crippen molar-refractivity contribution in [2.45, 2.75) is 40.0 Å². The second-order valence-corrected chi connectivity index (χ2v) is 7.08. The highest BCUT2D eigenvalue weighted by molar-refractivity contribution is 5.97. The van der Waals surface area contributed by atoms with Gasteiger partial charge in [0, 0.05) is 56.7 Å². The van der Waals surface area contributed by atoms with E-state index in [1.807, 2.05) is 30.0 Å². The van der Waals surface area contributed by atoms with Gasteiger partial charge in [-0.05, 0) is 57.4 Å². The highest BCUT2D eigenvalue weighted by atomic mass is 16.2.